The molecule has 0 saturated heterocycles. The fourth-order valence-electron chi connectivity index (χ4n) is 2.03. The largest absolute Gasteiger partial charge is 0.325 e. The first-order chi connectivity index (χ1) is 10.6. The van der Waals surface area contributed by atoms with Crippen molar-refractivity contribution in [3.05, 3.63) is 64.4 Å². The Balaban J connectivity index is 1.85. The molecule has 1 N–H and O–H groups in total. The topological polar surface area (TPSA) is 29.1 Å². The highest BCUT2D eigenvalue weighted by Gasteiger charge is 2.08. The van der Waals surface area contributed by atoms with Gasteiger partial charge in [-0.25, -0.2) is 4.39 Å². The van der Waals surface area contributed by atoms with Crippen molar-refractivity contribution in [1.29, 1.82) is 0 Å². The van der Waals surface area contributed by atoms with Crippen molar-refractivity contribution in [3.63, 3.8) is 0 Å². The molecule has 0 atom stereocenters. The lowest BCUT2D eigenvalue weighted by molar-refractivity contribution is -0.113. The third-order valence-corrected chi connectivity index (χ3v) is 4.39. The summed E-state index contributed by atoms with van der Waals surface area (Å²) in [4.78, 5) is 12.0. The van der Waals surface area contributed by atoms with E-state index in [-0.39, 0.29) is 17.5 Å². The summed E-state index contributed by atoms with van der Waals surface area (Å²) in [5, 5.41) is 3.27. The number of hydrogen-bond acceptors (Lipinski definition) is 2. The van der Waals surface area contributed by atoms with Gasteiger partial charge in [0.05, 0.1) is 5.75 Å². The molecule has 2 aromatic carbocycles. The summed E-state index contributed by atoms with van der Waals surface area (Å²) in [6.45, 7) is 2.04. The first-order valence-electron chi connectivity index (χ1n) is 6.99. The molecule has 5 heteroatoms. The third kappa shape index (κ3) is 4.75. The van der Waals surface area contributed by atoms with E-state index in [1.165, 1.54) is 17.8 Å². The lowest BCUT2D eigenvalue weighted by Gasteiger charge is -2.09. The molecule has 0 fully saturated rings. The highest BCUT2D eigenvalue weighted by atomic mass is 35.5. The van der Waals surface area contributed by atoms with Crippen molar-refractivity contribution in [2.75, 3.05) is 11.1 Å². The highest BCUT2D eigenvalue weighted by Crippen LogP contribution is 2.20. The molecular formula is C17H17ClFNOS. The predicted octanol–water partition coefficient (Wildman–Crippen LogP) is 4.91. The zero-order valence-corrected chi connectivity index (χ0v) is 13.8. The standard InChI is InChI=1S/C17H17ClFNOS/c1-2-12-5-3-4-6-16(12)20-17(21)11-22-10-13-7-8-14(18)9-15(13)19/h3-9H,2,10-11H2,1H3,(H,20,21). The summed E-state index contributed by atoms with van der Waals surface area (Å²) in [6.07, 6.45) is 0.861. The molecule has 0 heterocycles. The monoisotopic (exact) mass is 337 g/mol. The van der Waals surface area contributed by atoms with E-state index in [4.69, 9.17) is 11.6 Å². The first kappa shape index (κ1) is 16.8. The van der Waals surface area contributed by atoms with E-state index in [2.05, 4.69) is 5.32 Å². The third-order valence-electron chi connectivity index (χ3n) is 3.18. The Labute approximate surface area is 139 Å². The van der Waals surface area contributed by atoms with E-state index < -0.39 is 0 Å². The molecule has 0 saturated carbocycles. The Morgan fingerprint density at radius 2 is 2.00 bits per heavy atom. The smallest absolute Gasteiger partial charge is 0.234 e. The molecule has 1 amide bonds. The molecule has 0 radical (unpaired) electrons. The van der Waals surface area contributed by atoms with Crippen LogP contribution >= 0.6 is 23.4 Å². The Morgan fingerprint density at radius 3 is 2.73 bits per heavy atom. The first-order valence-corrected chi connectivity index (χ1v) is 8.53. The Hall–Kier alpha value is -1.52. The highest BCUT2D eigenvalue weighted by molar-refractivity contribution is 7.99. The number of aryl methyl sites for hydroxylation is 1. The lowest BCUT2D eigenvalue weighted by Crippen LogP contribution is -2.15. The van der Waals surface area contributed by atoms with Crippen LogP contribution in [0.1, 0.15) is 18.1 Å². The van der Waals surface area contributed by atoms with E-state index >= 15 is 0 Å². The van der Waals surface area contributed by atoms with Crippen LogP contribution in [0.4, 0.5) is 10.1 Å². The van der Waals surface area contributed by atoms with Gasteiger partial charge in [0.15, 0.2) is 0 Å². The van der Waals surface area contributed by atoms with Gasteiger partial charge >= 0.3 is 0 Å². The van der Waals surface area contributed by atoms with Crippen molar-refractivity contribution in [2.24, 2.45) is 0 Å². The summed E-state index contributed by atoms with van der Waals surface area (Å²) in [6, 6.07) is 12.3. The van der Waals surface area contributed by atoms with Gasteiger partial charge in [-0.05, 0) is 35.7 Å². The molecule has 0 aliphatic carbocycles. The van der Waals surface area contributed by atoms with Gasteiger partial charge in [-0.1, -0.05) is 42.8 Å². The van der Waals surface area contributed by atoms with Gasteiger partial charge in [-0.3, -0.25) is 4.79 Å². The quantitative estimate of drug-likeness (QED) is 0.811. The molecular weight excluding hydrogens is 321 g/mol. The van der Waals surface area contributed by atoms with Gasteiger partial charge < -0.3 is 5.32 Å². The van der Waals surface area contributed by atoms with Crippen LogP contribution in [0.25, 0.3) is 0 Å². The second kappa shape index (κ2) is 8.20. The van der Waals surface area contributed by atoms with Crippen molar-refractivity contribution in [2.45, 2.75) is 19.1 Å². The van der Waals surface area contributed by atoms with Gasteiger partial charge in [0.2, 0.25) is 5.91 Å². The average molecular weight is 338 g/mol. The second-order valence-corrected chi connectivity index (χ2v) is 6.21. The number of benzene rings is 2. The van der Waals surface area contributed by atoms with Crippen molar-refractivity contribution in [3.8, 4) is 0 Å². The number of anilines is 1. The van der Waals surface area contributed by atoms with Gasteiger partial charge in [-0.2, -0.15) is 0 Å². The molecule has 2 rings (SSSR count). The average Bonchev–Trinajstić information content (AvgIpc) is 2.50. The van der Waals surface area contributed by atoms with E-state index in [0.717, 1.165) is 17.7 Å². The summed E-state index contributed by atoms with van der Waals surface area (Å²) in [5.74, 6) is 0.295. The zero-order valence-electron chi connectivity index (χ0n) is 12.2. The van der Waals surface area contributed by atoms with E-state index in [9.17, 15) is 9.18 Å². The molecule has 2 aromatic rings. The predicted molar refractivity (Wildman–Crippen MR) is 92.0 cm³/mol. The van der Waals surface area contributed by atoms with E-state index in [1.807, 2.05) is 31.2 Å². The summed E-state index contributed by atoms with van der Waals surface area (Å²) in [5.41, 5.74) is 2.49. The fraction of sp³-hybridized carbons (Fsp3) is 0.235. The second-order valence-electron chi connectivity index (χ2n) is 4.79. The lowest BCUT2D eigenvalue weighted by atomic mass is 10.1. The number of amides is 1. The molecule has 0 unspecified atom stereocenters. The van der Waals surface area contributed by atoms with Crippen LogP contribution in [-0.4, -0.2) is 11.7 Å². The normalized spacial score (nSPS) is 10.5. The zero-order chi connectivity index (χ0) is 15.9. The number of halogens is 2. The van der Waals surface area contributed by atoms with Crippen LogP contribution in [-0.2, 0) is 17.0 Å². The molecule has 2 nitrogen and oxygen atoms in total. The Bertz CT molecular complexity index is 663. The fourth-order valence-corrected chi connectivity index (χ4v) is 3.00. The minimum absolute atomic E-state index is 0.0831. The van der Waals surface area contributed by atoms with Gasteiger partial charge in [-0.15, -0.1) is 11.8 Å². The Kier molecular flexibility index (Phi) is 6.28. The van der Waals surface area contributed by atoms with Crippen molar-refractivity contribution < 1.29 is 9.18 Å². The van der Waals surface area contributed by atoms with Crippen molar-refractivity contribution in [1.82, 2.24) is 0 Å². The van der Waals surface area contributed by atoms with Crippen LogP contribution < -0.4 is 5.32 Å². The van der Waals surface area contributed by atoms with E-state index in [1.54, 1.807) is 12.1 Å². The molecule has 116 valence electrons. The van der Waals surface area contributed by atoms with Gasteiger partial charge in [0, 0.05) is 16.5 Å². The maximum absolute atomic E-state index is 13.6. The SMILES string of the molecule is CCc1ccccc1NC(=O)CSCc1ccc(Cl)cc1F. The minimum atomic E-state index is -0.336. The van der Waals surface area contributed by atoms with Gasteiger partial charge in [0.1, 0.15) is 5.82 Å². The summed E-state index contributed by atoms with van der Waals surface area (Å²) < 4.78 is 13.6. The summed E-state index contributed by atoms with van der Waals surface area (Å²) >= 11 is 7.08. The maximum atomic E-state index is 13.6. The number of carbonyl (C=O) groups is 1. The number of carbonyl (C=O) groups excluding carboxylic acids is 1. The molecule has 22 heavy (non-hydrogen) atoms. The minimum Gasteiger partial charge on any atom is -0.325 e. The van der Waals surface area contributed by atoms with Crippen LogP contribution in [0.15, 0.2) is 42.5 Å². The summed E-state index contributed by atoms with van der Waals surface area (Å²) in [7, 11) is 0. The molecule has 0 aromatic heterocycles. The van der Waals surface area contributed by atoms with Crippen LogP contribution in [0, 0.1) is 5.82 Å². The molecule has 0 aliphatic heterocycles. The van der Waals surface area contributed by atoms with Gasteiger partial charge in [0.25, 0.3) is 0 Å². The molecule has 0 bridgehead atoms. The van der Waals surface area contributed by atoms with Crippen LogP contribution in [0.2, 0.25) is 5.02 Å². The number of nitrogens with one attached hydrogen (secondary N) is 1. The number of hydrogen-bond donors (Lipinski definition) is 1. The number of thioether (sulfide) groups is 1. The van der Waals surface area contributed by atoms with Crippen LogP contribution in [0.3, 0.4) is 0 Å². The van der Waals surface area contributed by atoms with E-state index in [0.29, 0.717) is 16.3 Å². The Morgan fingerprint density at radius 1 is 1.23 bits per heavy atom. The molecule has 0 spiro atoms. The molecule has 0 aliphatic rings. The van der Waals surface area contributed by atoms with Crippen molar-refractivity contribution >= 4 is 35.0 Å². The number of para-hydroxylation sites is 1. The number of rotatable bonds is 6. The maximum Gasteiger partial charge on any atom is 0.234 e. The van der Waals surface area contributed by atoms with Crippen LogP contribution in [0.5, 0.6) is 0 Å².